The fourth-order valence-corrected chi connectivity index (χ4v) is 7.41. The van der Waals surface area contributed by atoms with E-state index in [0.29, 0.717) is 5.92 Å². The minimum atomic E-state index is -1.72. The molecule has 0 atom stereocenters. The van der Waals surface area contributed by atoms with Crippen LogP contribution in [0.3, 0.4) is 0 Å². The number of nitrogens with zero attached hydrogens (tertiary/aromatic N) is 2. The van der Waals surface area contributed by atoms with Gasteiger partial charge in [0.25, 0.3) is 0 Å². The molecular formula is C40H36GeIrN2O-2. The van der Waals surface area contributed by atoms with Crippen molar-refractivity contribution in [3.8, 4) is 33.6 Å². The fourth-order valence-electron chi connectivity index (χ4n) is 5.23. The maximum absolute atomic E-state index is 6.33. The van der Waals surface area contributed by atoms with Crippen molar-refractivity contribution in [3.63, 3.8) is 0 Å². The van der Waals surface area contributed by atoms with Crippen molar-refractivity contribution < 1.29 is 24.5 Å². The van der Waals surface area contributed by atoms with Crippen molar-refractivity contribution in [1.29, 1.82) is 0 Å². The van der Waals surface area contributed by atoms with Crippen molar-refractivity contribution in [1.82, 2.24) is 9.97 Å². The Labute approximate surface area is 282 Å². The van der Waals surface area contributed by atoms with E-state index in [1.807, 2.05) is 48.8 Å². The Hall–Kier alpha value is -3.83. The summed E-state index contributed by atoms with van der Waals surface area (Å²) in [7, 11) is 0. The maximum Gasteiger partial charge on any atom is 0 e. The van der Waals surface area contributed by atoms with Crippen molar-refractivity contribution in [2.75, 3.05) is 0 Å². The Kier molecular flexibility index (Phi) is 10.2. The number of hydrogen-bond acceptors (Lipinski definition) is 3. The molecule has 3 aromatic heterocycles. The molecule has 0 saturated heterocycles. The molecule has 0 aliphatic rings. The Bertz CT molecular complexity index is 2010. The van der Waals surface area contributed by atoms with Crippen LogP contribution in [0.15, 0.2) is 126 Å². The Balaban J connectivity index is 0.000000202. The molecule has 7 aromatic rings. The van der Waals surface area contributed by atoms with Crippen molar-refractivity contribution in [3.05, 3.63) is 139 Å². The van der Waals surface area contributed by atoms with Gasteiger partial charge in [-0.2, -0.15) is 0 Å². The van der Waals surface area contributed by atoms with E-state index in [2.05, 4.69) is 126 Å². The molecule has 0 saturated carbocycles. The number of pyridine rings is 2. The van der Waals surface area contributed by atoms with Gasteiger partial charge in [-0.25, -0.2) is 0 Å². The molecule has 3 nitrogen and oxygen atoms in total. The van der Waals surface area contributed by atoms with Crippen LogP contribution in [-0.4, -0.2) is 23.2 Å². The molecule has 45 heavy (non-hydrogen) atoms. The summed E-state index contributed by atoms with van der Waals surface area (Å²) >= 11 is -1.72. The standard InChI is InChI=1S/C26H20NO.C14H16GeN.Ir/c1-17(2)19-13-14-27-24(15-19)23-10-6-9-22-21-12-11-20(16-25(21)28-26(22)23)18-7-4-3-5-8-18;1-15(2,3)13-9-10-14(16-11-13)12-7-5-4-6-8-12;/h3-9,11-17H,1-2H3;4-7,9-11H,1-3H3;/q2*-1;. The number of aromatic nitrogens is 2. The normalized spacial score (nSPS) is 11.2. The Morgan fingerprint density at radius 3 is 2.18 bits per heavy atom. The number of rotatable bonds is 5. The average Bonchev–Trinajstić information content (AvgIpc) is 3.44. The largest absolute Gasteiger partial charge is 0 e. The molecule has 0 spiro atoms. The molecule has 0 aliphatic heterocycles. The zero-order valence-corrected chi connectivity index (χ0v) is 30.8. The monoisotopic (exact) mass is 827 g/mol. The van der Waals surface area contributed by atoms with E-state index in [-0.39, 0.29) is 20.1 Å². The number of furan rings is 1. The molecule has 0 fully saturated rings. The SMILES string of the molecule is CC(C)c1ccnc(-c2[c-]ccc3c2oc2cc(-c4ccccc4)ccc23)c1.[CH3][Ge]([CH3])([CH3])[c]1ccc(-c2[c-]cccc2)nc1.[Ir]. The molecule has 0 bridgehead atoms. The van der Waals surface area contributed by atoms with Gasteiger partial charge in [-0.05, 0) is 34.9 Å². The third kappa shape index (κ3) is 7.36. The topological polar surface area (TPSA) is 38.9 Å². The second-order valence-electron chi connectivity index (χ2n) is 12.4. The second-order valence-corrected chi connectivity index (χ2v) is 23.0. The minimum absolute atomic E-state index is 0. The van der Waals surface area contributed by atoms with Gasteiger partial charge in [0.2, 0.25) is 0 Å². The predicted molar refractivity (Wildman–Crippen MR) is 187 cm³/mol. The third-order valence-corrected chi connectivity index (χ3v) is 12.1. The first kappa shape index (κ1) is 32.6. The molecule has 0 N–H and O–H groups in total. The van der Waals surface area contributed by atoms with Crippen LogP contribution in [0, 0.1) is 12.1 Å². The van der Waals surface area contributed by atoms with E-state index < -0.39 is 13.3 Å². The smallest absolute Gasteiger partial charge is 0 e. The average molecular weight is 826 g/mol. The molecule has 227 valence electrons. The number of fused-ring (bicyclic) bond motifs is 3. The Morgan fingerprint density at radius 1 is 0.689 bits per heavy atom. The molecule has 7 rings (SSSR count). The quantitative estimate of drug-likeness (QED) is 0.128. The molecule has 0 aliphatic carbocycles. The van der Waals surface area contributed by atoms with E-state index in [4.69, 9.17) is 4.42 Å². The summed E-state index contributed by atoms with van der Waals surface area (Å²) in [5.41, 5.74) is 9.22. The zero-order valence-electron chi connectivity index (χ0n) is 26.3. The fraction of sp³-hybridized carbons (Fsp3) is 0.150. The van der Waals surface area contributed by atoms with Gasteiger partial charge >= 0.3 is 99.8 Å². The van der Waals surface area contributed by atoms with Crippen LogP contribution >= 0.6 is 0 Å². The summed E-state index contributed by atoms with van der Waals surface area (Å²) in [6.07, 6.45) is 3.91. The van der Waals surface area contributed by atoms with E-state index in [1.54, 1.807) is 0 Å². The van der Waals surface area contributed by atoms with Gasteiger partial charge in [-0.1, -0.05) is 78.9 Å². The first-order valence-electron chi connectivity index (χ1n) is 15.1. The van der Waals surface area contributed by atoms with Crippen LogP contribution in [-0.2, 0) is 20.1 Å². The van der Waals surface area contributed by atoms with Crippen LogP contribution in [0.1, 0.15) is 25.3 Å². The van der Waals surface area contributed by atoms with Crippen molar-refractivity contribution in [2.45, 2.75) is 37.0 Å². The van der Waals surface area contributed by atoms with Gasteiger partial charge in [0.1, 0.15) is 5.58 Å². The molecule has 1 radical (unpaired) electrons. The van der Waals surface area contributed by atoms with Crippen LogP contribution < -0.4 is 4.40 Å². The molecular weight excluding hydrogens is 789 g/mol. The molecule has 4 aromatic carbocycles. The Morgan fingerprint density at radius 2 is 1.49 bits per heavy atom. The third-order valence-electron chi connectivity index (χ3n) is 7.86. The summed E-state index contributed by atoms with van der Waals surface area (Å²) in [5.74, 6) is 7.59. The van der Waals surface area contributed by atoms with Gasteiger partial charge in [0.05, 0.1) is 5.58 Å². The second kappa shape index (κ2) is 14.1. The summed E-state index contributed by atoms with van der Waals surface area (Å²) in [4.78, 5) is 9.12. The first-order valence-corrected chi connectivity index (χ1v) is 22.4. The van der Waals surface area contributed by atoms with Crippen molar-refractivity contribution >= 4 is 39.6 Å². The van der Waals surface area contributed by atoms with Gasteiger partial charge in [-0.3, -0.25) is 0 Å². The van der Waals surface area contributed by atoms with Crippen LogP contribution in [0.5, 0.6) is 0 Å². The molecule has 0 unspecified atom stereocenters. The molecule has 0 amide bonds. The number of hydrogen-bond donors (Lipinski definition) is 0. The first-order chi connectivity index (χ1) is 21.3. The minimum Gasteiger partial charge on any atom is 0 e. The summed E-state index contributed by atoms with van der Waals surface area (Å²) in [5, 5.41) is 2.21. The van der Waals surface area contributed by atoms with E-state index in [1.165, 1.54) is 15.5 Å². The summed E-state index contributed by atoms with van der Waals surface area (Å²) in [6, 6.07) is 43.9. The summed E-state index contributed by atoms with van der Waals surface area (Å²) < 4.78 is 7.77. The van der Waals surface area contributed by atoms with Crippen LogP contribution in [0.4, 0.5) is 0 Å². The molecule has 5 heteroatoms. The van der Waals surface area contributed by atoms with E-state index >= 15 is 0 Å². The zero-order chi connectivity index (χ0) is 30.7. The van der Waals surface area contributed by atoms with E-state index in [9.17, 15) is 0 Å². The van der Waals surface area contributed by atoms with Gasteiger partial charge in [0.15, 0.2) is 0 Å². The van der Waals surface area contributed by atoms with Crippen molar-refractivity contribution in [2.24, 2.45) is 0 Å². The summed E-state index contributed by atoms with van der Waals surface area (Å²) in [6.45, 7) is 4.38. The van der Waals surface area contributed by atoms with Gasteiger partial charge in [-0.15, -0.1) is 18.2 Å². The van der Waals surface area contributed by atoms with Gasteiger partial charge < -0.3 is 9.40 Å². The number of benzene rings is 4. The van der Waals surface area contributed by atoms with Gasteiger partial charge in [0, 0.05) is 31.7 Å². The molecule has 3 heterocycles. The van der Waals surface area contributed by atoms with Crippen LogP contribution in [0.25, 0.3) is 55.6 Å². The van der Waals surface area contributed by atoms with E-state index in [0.717, 1.165) is 50.0 Å². The maximum atomic E-state index is 6.33. The predicted octanol–water partition coefficient (Wildman–Crippen LogP) is 10.3. The van der Waals surface area contributed by atoms with Crippen LogP contribution in [0.2, 0.25) is 17.3 Å².